The van der Waals surface area contributed by atoms with E-state index in [0.29, 0.717) is 18.0 Å². The molecule has 0 aliphatic rings. The maximum Gasteiger partial charge on any atom is 0.329 e. The molecule has 0 aromatic carbocycles. The van der Waals surface area contributed by atoms with Gasteiger partial charge in [0, 0.05) is 16.9 Å². The molecular formula is C12H21N3O2S. The highest BCUT2D eigenvalue weighted by Crippen LogP contribution is 2.27. The summed E-state index contributed by atoms with van der Waals surface area (Å²) in [4.78, 5) is 15.8. The number of hydrogen-bond acceptors (Lipinski definition) is 5. The van der Waals surface area contributed by atoms with Crippen LogP contribution in [0.15, 0.2) is 0 Å². The molecule has 0 bridgehead atoms. The number of nitrogens with zero attached hydrogens (tertiary/aromatic N) is 2. The minimum Gasteiger partial charge on any atom is -0.480 e. The first-order valence-electron chi connectivity index (χ1n) is 6.11. The van der Waals surface area contributed by atoms with Crippen molar-refractivity contribution in [2.75, 3.05) is 5.32 Å². The normalized spacial score (nSPS) is 12.5. The van der Waals surface area contributed by atoms with Gasteiger partial charge in [0.1, 0.15) is 11.4 Å². The molecule has 0 atom stereocenters. The first-order valence-corrected chi connectivity index (χ1v) is 6.88. The molecule has 1 aromatic rings. The molecular weight excluding hydrogens is 250 g/mol. The Morgan fingerprint density at radius 2 is 1.89 bits per heavy atom. The van der Waals surface area contributed by atoms with Crippen molar-refractivity contribution < 1.29 is 9.90 Å². The summed E-state index contributed by atoms with van der Waals surface area (Å²) in [6.45, 7) is 9.81. The lowest BCUT2D eigenvalue weighted by Gasteiger charge is -2.27. The van der Waals surface area contributed by atoms with Gasteiger partial charge in [0.2, 0.25) is 5.13 Å². The number of aliphatic carboxylic acids is 1. The number of aromatic nitrogens is 2. The molecule has 0 fully saturated rings. The lowest BCUT2D eigenvalue weighted by atomic mass is 9.93. The topological polar surface area (TPSA) is 75.1 Å². The number of carboxylic acids is 1. The van der Waals surface area contributed by atoms with Crippen LogP contribution in [-0.4, -0.2) is 26.0 Å². The zero-order valence-electron chi connectivity index (χ0n) is 11.6. The fourth-order valence-electron chi connectivity index (χ4n) is 1.57. The predicted molar refractivity (Wildman–Crippen MR) is 73.2 cm³/mol. The van der Waals surface area contributed by atoms with Crippen molar-refractivity contribution in [1.29, 1.82) is 0 Å². The number of rotatable bonds is 5. The van der Waals surface area contributed by atoms with E-state index < -0.39 is 11.5 Å². The van der Waals surface area contributed by atoms with Gasteiger partial charge in [-0.05, 0) is 12.8 Å². The third kappa shape index (κ3) is 2.98. The third-order valence-corrected chi connectivity index (χ3v) is 3.69. The second-order valence-corrected chi connectivity index (χ2v) is 6.14. The van der Waals surface area contributed by atoms with Crippen LogP contribution in [0.25, 0.3) is 0 Å². The summed E-state index contributed by atoms with van der Waals surface area (Å²) < 4.78 is 4.27. The van der Waals surface area contributed by atoms with Crippen LogP contribution < -0.4 is 5.32 Å². The van der Waals surface area contributed by atoms with Gasteiger partial charge in [-0.3, -0.25) is 0 Å². The maximum absolute atomic E-state index is 11.4. The average Bonchev–Trinajstić information content (AvgIpc) is 2.73. The third-order valence-electron chi connectivity index (χ3n) is 3.06. The molecule has 2 N–H and O–H groups in total. The van der Waals surface area contributed by atoms with Crippen LogP contribution in [0.4, 0.5) is 5.13 Å². The van der Waals surface area contributed by atoms with Gasteiger partial charge in [-0.15, -0.1) is 0 Å². The zero-order chi connectivity index (χ0) is 14.0. The Kier molecular flexibility index (Phi) is 4.32. The van der Waals surface area contributed by atoms with Crippen LogP contribution in [0.1, 0.15) is 53.3 Å². The molecule has 0 saturated heterocycles. The lowest BCUT2D eigenvalue weighted by molar-refractivity contribution is -0.142. The smallest absolute Gasteiger partial charge is 0.329 e. The highest BCUT2D eigenvalue weighted by molar-refractivity contribution is 7.09. The van der Waals surface area contributed by atoms with Gasteiger partial charge in [-0.25, -0.2) is 9.78 Å². The van der Waals surface area contributed by atoms with Gasteiger partial charge in [0.25, 0.3) is 0 Å². The molecule has 0 aliphatic carbocycles. The van der Waals surface area contributed by atoms with Gasteiger partial charge in [-0.1, -0.05) is 34.6 Å². The summed E-state index contributed by atoms with van der Waals surface area (Å²) in [6.07, 6.45) is 1.01. The van der Waals surface area contributed by atoms with Gasteiger partial charge in [0.15, 0.2) is 0 Å². The summed E-state index contributed by atoms with van der Waals surface area (Å²) in [7, 11) is 0. The summed E-state index contributed by atoms with van der Waals surface area (Å²) in [5.41, 5.74) is -1.07. The molecule has 1 heterocycles. The zero-order valence-corrected chi connectivity index (χ0v) is 12.4. The van der Waals surface area contributed by atoms with Crippen molar-refractivity contribution in [2.45, 2.75) is 58.4 Å². The molecule has 0 spiro atoms. The van der Waals surface area contributed by atoms with E-state index >= 15 is 0 Å². The Morgan fingerprint density at radius 3 is 2.22 bits per heavy atom. The molecule has 6 heteroatoms. The fourth-order valence-corrected chi connectivity index (χ4v) is 2.42. The molecule has 102 valence electrons. The van der Waals surface area contributed by atoms with E-state index in [9.17, 15) is 9.90 Å². The highest BCUT2D eigenvalue weighted by atomic mass is 32.1. The van der Waals surface area contributed by atoms with Crippen molar-refractivity contribution in [3.63, 3.8) is 0 Å². The van der Waals surface area contributed by atoms with E-state index in [4.69, 9.17) is 0 Å². The molecule has 0 unspecified atom stereocenters. The molecule has 0 amide bonds. The summed E-state index contributed by atoms with van der Waals surface area (Å²) in [5.74, 6) is -0.110. The Hall–Kier alpha value is -1.17. The van der Waals surface area contributed by atoms with E-state index in [0.717, 1.165) is 5.82 Å². The molecule has 5 nitrogen and oxygen atoms in total. The van der Waals surface area contributed by atoms with Crippen molar-refractivity contribution in [3.8, 4) is 0 Å². The van der Waals surface area contributed by atoms with Gasteiger partial charge in [-0.2, -0.15) is 4.37 Å². The van der Waals surface area contributed by atoms with E-state index in [1.54, 1.807) is 0 Å². The van der Waals surface area contributed by atoms with E-state index in [1.807, 2.05) is 34.6 Å². The average molecular weight is 271 g/mol. The van der Waals surface area contributed by atoms with Crippen molar-refractivity contribution >= 4 is 22.6 Å². The van der Waals surface area contributed by atoms with E-state index in [-0.39, 0.29) is 5.41 Å². The largest absolute Gasteiger partial charge is 0.480 e. The Balaban J connectivity index is 2.96. The summed E-state index contributed by atoms with van der Waals surface area (Å²) >= 11 is 1.22. The number of carboxylic acid groups (broad SMARTS) is 1. The lowest BCUT2D eigenvalue weighted by Crippen LogP contribution is -2.45. The minimum absolute atomic E-state index is 0.124. The number of hydrogen-bond donors (Lipinski definition) is 2. The standard InChI is InChI=1S/C12H21N3O2S/c1-6-12(7-2,9(16)17)14-10-13-8(15-18-10)11(3,4)5/h6-7H2,1-5H3,(H,16,17)(H,13,14,15). The van der Waals surface area contributed by atoms with Gasteiger partial charge < -0.3 is 10.4 Å². The summed E-state index contributed by atoms with van der Waals surface area (Å²) in [6, 6.07) is 0. The fraction of sp³-hybridized carbons (Fsp3) is 0.750. The second-order valence-electron chi connectivity index (χ2n) is 5.39. The first kappa shape index (κ1) is 14.9. The van der Waals surface area contributed by atoms with Crippen LogP contribution in [0.2, 0.25) is 0 Å². The Labute approximate surface area is 112 Å². The molecule has 18 heavy (non-hydrogen) atoms. The van der Waals surface area contributed by atoms with Gasteiger partial charge >= 0.3 is 5.97 Å². The molecule has 1 rings (SSSR count). The monoisotopic (exact) mass is 271 g/mol. The minimum atomic E-state index is -0.950. The van der Waals surface area contributed by atoms with Crippen molar-refractivity contribution in [1.82, 2.24) is 9.36 Å². The van der Waals surface area contributed by atoms with Crippen LogP contribution in [0.5, 0.6) is 0 Å². The van der Waals surface area contributed by atoms with Crippen LogP contribution in [0, 0.1) is 0 Å². The maximum atomic E-state index is 11.4. The van der Waals surface area contributed by atoms with Crippen LogP contribution >= 0.6 is 11.5 Å². The van der Waals surface area contributed by atoms with E-state index in [1.165, 1.54) is 11.5 Å². The van der Waals surface area contributed by atoms with Crippen LogP contribution in [0.3, 0.4) is 0 Å². The predicted octanol–water partition coefficient (Wildman–Crippen LogP) is 2.89. The van der Waals surface area contributed by atoms with Crippen molar-refractivity contribution in [3.05, 3.63) is 5.82 Å². The van der Waals surface area contributed by atoms with Gasteiger partial charge in [0.05, 0.1) is 0 Å². The number of anilines is 1. The SMILES string of the molecule is CCC(CC)(Nc1nc(C(C)(C)C)ns1)C(=O)O. The quantitative estimate of drug-likeness (QED) is 0.861. The molecule has 0 aliphatic heterocycles. The first-order chi connectivity index (χ1) is 8.25. The van der Waals surface area contributed by atoms with Crippen molar-refractivity contribution in [2.24, 2.45) is 0 Å². The second kappa shape index (κ2) is 5.22. The molecule has 0 radical (unpaired) electrons. The molecule has 1 aromatic heterocycles. The van der Waals surface area contributed by atoms with Crippen LogP contribution in [-0.2, 0) is 10.2 Å². The number of carbonyl (C=O) groups is 1. The number of nitrogens with one attached hydrogen (secondary N) is 1. The summed E-state index contributed by atoms with van der Waals surface area (Å²) in [5, 5.41) is 12.9. The Bertz CT molecular complexity index is 419. The Morgan fingerprint density at radius 1 is 1.33 bits per heavy atom. The molecule has 0 saturated carbocycles. The highest BCUT2D eigenvalue weighted by Gasteiger charge is 2.36. The van der Waals surface area contributed by atoms with E-state index in [2.05, 4.69) is 14.7 Å².